The molecule has 0 saturated heterocycles. The first-order chi connectivity index (χ1) is 14.7. The number of guanidine groups is 1. The van der Waals surface area contributed by atoms with Gasteiger partial charge < -0.3 is 25.0 Å². The Morgan fingerprint density at radius 2 is 2.03 bits per heavy atom. The zero-order valence-corrected chi connectivity index (χ0v) is 18.4. The molecule has 0 atom stereocenters. The molecule has 2 aromatic carbocycles. The third-order valence-electron chi connectivity index (χ3n) is 4.98. The molecule has 0 amide bonds. The Morgan fingerprint density at radius 3 is 2.87 bits per heavy atom. The molecule has 162 valence electrons. The summed E-state index contributed by atoms with van der Waals surface area (Å²) in [7, 11) is 4.09. The summed E-state index contributed by atoms with van der Waals surface area (Å²) in [6.07, 6.45) is 1.96. The Balaban J connectivity index is 1.54. The summed E-state index contributed by atoms with van der Waals surface area (Å²) >= 11 is 0. The predicted molar refractivity (Wildman–Crippen MR) is 123 cm³/mol. The van der Waals surface area contributed by atoms with E-state index in [-0.39, 0.29) is 0 Å². The summed E-state index contributed by atoms with van der Waals surface area (Å²) in [5.41, 5.74) is 3.73. The van der Waals surface area contributed by atoms with Gasteiger partial charge in [-0.25, -0.2) is 4.99 Å². The van der Waals surface area contributed by atoms with Gasteiger partial charge in [0.15, 0.2) is 5.96 Å². The lowest BCUT2D eigenvalue weighted by Gasteiger charge is -2.14. The number of ether oxygens (including phenoxy) is 2. The van der Waals surface area contributed by atoms with Crippen LogP contribution in [-0.2, 0) is 19.4 Å². The molecule has 2 aromatic rings. The van der Waals surface area contributed by atoms with Crippen LogP contribution >= 0.6 is 0 Å². The van der Waals surface area contributed by atoms with Crippen molar-refractivity contribution in [3.8, 4) is 11.5 Å². The minimum Gasteiger partial charge on any atom is -0.493 e. The van der Waals surface area contributed by atoms with Crippen molar-refractivity contribution in [1.29, 1.82) is 0 Å². The van der Waals surface area contributed by atoms with E-state index >= 15 is 0 Å². The lowest BCUT2D eigenvalue weighted by molar-refractivity contribution is 0.259. The molecule has 0 saturated carbocycles. The first kappa shape index (κ1) is 22.0. The summed E-state index contributed by atoms with van der Waals surface area (Å²) in [4.78, 5) is 6.87. The fraction of sp³-hybridized carbons (Fsp3) is 0.458. The molecule has 0 aliphatic carbocycles. The Morgan fingerprint density at radius 1 is 1.17 bits per heavy atom. The van der Waals surface area contributed by atoms with Gasteiger partial charge in [-0.15, -0.1) is 0 Å². The molecule has 1 aliphatic heterocycles. The zero-order valence-electron chi connectivity index (χ0n) is 18.4. The number of fused-ring (bicyclic) bond motifs is 1. The second-order valence-corrected chi connectivity index (χ2v) is 7.67. The molecule has 2 N–H and O–H groups in total. The lowest BCUT2D eigenvalue weighted by Crippen LogP contribution is -2.38. The number of aliphatic imine (C=N–C) groups is 1. The highest BCUT2D eigenvalue weighted by atomic mass is 16.5. The van der Waals surface area contributed by atoms with Crippen LogP contribution in [0.1, 0.15) is 23.6 Å². The minimum absolute atomic E-state index is 0.573. The number of hydrogen-bond acceptors (Lipinski definition) is 4. The van der Waals surface area contributed by atoms with E-state index < -0.39 is 0 Å². The normalized spacial score (nSPS) is 13.1. The van der Waals surface area contributed by atoms with E-state index in [0.717, 1.165) is 62.1 Å². The highest BCUT2D eigenvalue weighted by Crippen LogP contribution is 2.25. The van der Waals surface area contributed by atoms with Gasteiger partial charge in [0.1, 0.15) is 18.1 Å². The number of para-hydroxylation sites is 1. The standard InChI is InChI=1S/C24H34N4O2/c1-4-25-24(26-13-11-19-9-10-23-20(17-19)12-15-29-23)27-18-21-7-5-6-8-22(21)30-16-14-28(2)3/h5-10,17H,4,11-16,18H2,1-3H3,(H2,25,26,27). The van der Waals surface area contributed by atoms with E-state index in [1.807, 2.05) is 32.3 Å². The van der Waals surface area contributed by atoms with Crippen molar-refractivity contribution in [2.24, 2.45) is 4.99 Å². The van der Waals surface area contributed by atoms with Crippen molar-refractivity contribution < 1.29 is 9.47 Å². The minimum atomic E-state index is 0.573. The number of nitrogens with zero attached hydrogens (tertiary/aromatic N) is 2. The topological polar surface area (TPSA) is 58.1 Å². The molecule has 0 fully saturated rings. The van der Waals surface area contributed by atoms with Gasteiger partial charge in [0.25, 0.3) is 0 Å². The van der Waals surface area contributed by atoms with E-state index in [1.54, 1.807) is 0 Å². The van der Waals surface area contributed by atoms with E-state index in [4.69, 9.17) is 14.5 Å². The number of rotatable bonds is 10. The van der Waals surface area contributed by atoms with Crippen molar-refractivity contribution in [3.05, 3.63) is 59.2 Å². The van der Waals surface area contributed by atoms with Crippen molar-refractivity contribution >= 4 is 5.96 Å². The van der Waals surface area contributed by atoms with Crippen LogP contribution < -0.4 is 20.1 Å². The Kier molecular flexibility index (Phi) is 8.39. The maximum Gasteiger partial charge on any atom is 0.191 e. The number of nitrogens with one attached hydrogen (secondary N) is 2. The van der Waals surface area contributed by atoms with E-state index in [1.165, 1.54) is 11.1 Å². The fourth-order valence-electron chi connectivity index (χ4n) is 3.34. The monoisotopic (exact) mass is 410 g/mol. The smallest absolute Gasteiger partial charge is 0.191 e. The van der Waals surface area contributed by atoms with Gasteiger partial charge >= 0.3 is 0 Å². The number of hydrogen-bond donors (Lipinski definition) is 2. The predicted octanol–water partition coefficient (Wildman–Crippen LogP) is 2.86. The van der Waals surface area contributed by atoms with E-state index in [0.29, 0.717) is 13.2 Å². The molecule has 1 aliphatic rings. The lowest BCUT2D eigenvalue weighted by atomic mass is 10.1. The molecule has 0 radical (unpaired) electrons. The molecule has 6 nitrogen and oxygen atoms in total. The Labute approximate surface area is 180 Å². The summed E-state index contributed by atoms with van der Waals surface area (Å²) in [6.45, 7) is 6.65. The van der Waals surface area contributed by atoms with Crippen molar-refractivity contribution in [3.63, 3.8) is 0 Å². The molecule has 0 unspecified atom stereocenters. The largest absolute Gasteiger partial charge is 0.493 e. The maximum atomic E-state index is 5.95. The molecule has 6 heteroatoms. The Hall–Kier alpha value is -2.73. The van der Waals surface area contributed by atoms with Crippen molar-refractivity contribution in [2.75, 3.05) is 46.9 Å². The van der Waals surface area contributed by atoms with Crippen LogP contribution in [0.25, 0.3) is 0 Å². The quantitative estimate of drug-likeness (QED) is 0.466. The Bertz CT molecular complexity index is 836. The van der Waals surface area contributed by atoms with E-state index in [9.17, 15) is 0 Å². The summed E-state index contributed by atoms with van der Waals surface area (Å²) in [6, 6.07) is 14.6. The van der Waals surface area contributed by atoms with Crippen molar-refractivity contribution in [2.45, 2.75) is 26.3 Å². The van der Waals surface area contributed by atoms with E-state index in [2.05, 4.69) is 46.7 Å². The van der Waals surface area contributed by atoms with Crippen LogP contribution in [0.4, 0.5) is 0 Å². The van der Waals surface area contributed by atoms with Gasteiger partial charge in [-0.05, 0) is 50.7 Å². The van der Waals surface area contributed by atoms with Gasteiger partial charge in [0.05, 0.1) is 13.2 Å². The van der Waals surface area contributed by atoms with Crippen molar-refractivity contribution in [1.82, 2.24) is 15.5 Å². The average molecular weight is 411 g/mol. The second kappa shape index (κ2) is 11.5. The third-order valence-corrected chi connectivity index (χ3v) is 4.98. The summed E-state index contributed by atoms with van der Waals surface area (Å²) < 4.78 is 11.5. The van der Waals surface area contributed by atoms with Gasteiger partial charge in [-0.2, -0.15) is 0 Å². The van der Waals surface area contributed by atoms with Gasteiger partial charge in [-0.3, -0.25) is 0 Å². The number of likely N-dealkylation sites (N-methyl/N-ethyl adjacent to an activating group) is 1. The molecule has 1 heterocycles. The highest BCUT2D eigenvalue weighted by molar-refractivity contribution is 5.79. The maximum absolute atomic E-state index is 5.95. The fourth-order valence-corrected chi connectivity index (χ4v) is 3.34. The first-order valence-electron chi connectivity index (χ1n) is 10.8. The molecule has 0 bridgehead atoms. The van der Waals surface area contributed by atoms with Crippen LogP contribution in [0, 0.1) is 0 Å². The average Bonchev–Trinajstić information content (AvgIpc) is 3.20. The first-order valence-corrected chi connectivity index (χ1v) is 10.8. The van der Waals surface area contributed by atoms with Crippen LogP contribution in [-0.4, -0.2) is 57.8 Å². The molecule has 3 rings (SSSR count). The van der Waals surface area contributed by atoms with Crippen LogP contribution in [0.5, 0.6) is 11.5 Å². The number of benzene rings is 2. The molecular weight excluding hydrogens is 376 g/mol. The SMILES string of the molecule is CCNC(=NCc1ccccc1OCCN(C)C)NCCc1ccc2c(c1)CCO2. The molecule has 0 spiro atoms. The van der Waals surface area contributed by atoms with Gasteiger partial charge in [0.2, 0.25) is 0 Å². The second-order valence-electron chi connectivity index (χ2n) is 7.67. The van der Waals surface area contributed by atoms with Crippen LogP contribution in [0.3, 0.4) is 0 Å². The molecule has 30 heavy (non-hydrogen) atoms. The summed E-state index contributed by atoms with van der Waals surface area (Å²) in [5, 5.41) is 6.77. The molecular formula is C24H34N4O2. The van der Waals surface area contributed by atoms with Crippen LogP contribution in [0.2, 0.25) is 0 Å². The van der Waals surface area contributed by atoms with Gasteiger partial charge in [0, 0.05) is 31.6 Å². The third kappa shape index (κ3) is 6.66. The van der Waals surface area contributed by atoms with Crippen LogP contribution in [0.15, 0.2) is 47.5 Å². The zero-order chi connectivity index (χ0) is 21.2. The highest BCUT2D eigenvalue weighted by Gasteiger charge is 2.12. The summed E-state index contributed by atoms with van der Waals surface area (Å²) in [5.74, 6) is 2.76. The van der Waals surface area contributed by atoms with Gasteiger partial charge in [-0.1, -0.05) is 30.3 Å². The molecule has 0 aromatic heterocycles.